The maximum Gasteiger partial charge on any atom is 0.389 e. The van der Waals surface area contributed by atoms with Crippen molar-refractivity contribution in [1.29, 1.82) is 0 Å². The normalized spacial score (nSPS) is 20.3. The summed E-state index contributed by atoms with van der Waals surface area (Å²) in [6.07, 6.45) is -1.82. The maximum absolute atomic E-state index is 11.8. The highest BCUT2D eigenvalue weighted by Crippen LogP contribution is 2.35. The molecule has 0 aromatic carbocycles. The van der Waals surface area contributed by atoms with Crippen molar-refractivity contribution >= 4 is 0 Å². The van der Waals surface area contributed by atoms with Crippen molar-refractivity contribution in [2.24, 2.45) is 11.8 Å². The van der Waals surface area contributed by atoms with Crippen molar-refractivity contribution in [3.63, 3.8) is 0 Å². The SMILES string of the molecule is NNC(CCCC(F)(F)F)C1CC1. The van der Waals surface area contributed by atoms with Crippen molar-refractivity contribution in [2.75, 3.05) is 0 Å². The third-order valence-electron chi connectivity index (χ3n) is 2.38. The molecule has 2 nitrogen and oxygen atoms in total. The lowest BCUT2D eigenvalue weighted by molar-refractivity contribution is -0.135. The van der Waals surface area contributed by atoms with E-state index < -0.39 is 12.6 Å². The minimum Gasteiger partial charge on any atom is -0.271 e. The average molecular weight is 196 g/mol. The van der Waals surface area contributed by atoms with E-state index in [2.05, 4.69) is 5.43 Å². The number of hydrazine groups is 1. The molecule has 0 radical (unpaired) electrons. The Kier molecular flexibility index (Phi) is 3.55. The minimum atomic E-state index is -4.03. The number of alkyl halides is 3. The summed E-state index contributed by atoms with van der Waals surface area (Å²) >= 11 is 0. The lowest BCUT2D eigenvalue weighted by Crippen LogP contribution is -2.36. The van der Waals surface area contributed by atoms with Crippen LogP contribution in [0.15, 0.2) is 0 Å². The van der Waals surface area contributed by atoms with E-state index >= 15 is 0 Å². The van der Waals surface area contributed by atoms with Gasteiger partial charge in [-0.05, 0) is 31.6 Å². The molecule has 1 rings (SSSR count). The molecule has 1 atom stereocenters. The van der Waals surface area contributed by atoms with Gasteiger partial charge >= 0.3 is 6.18 Å². The number of hydrogen-bond acceptors (Lipinski definition) is 2. The van der Waals surface area contributed by atoms with Gasteiger partial charge in [-0.3, -0.25) is 11.3 Å². The summed E-state index contributed by atoms with van der Waals surface area (Å²) in [5.41, 5.74) is 2.58. The van der Waals surface area contributed by atoms with Gasteiger partial charge in [0, 0.05) is 12.5 Å². The molecule has 0 saturated heterocycles. The van der Waals surface area contributed by atoms with Crippen molar-refractivity contribution in [2.45, 2.75) is 44.3 Å². The lowest BCUT2D eigenvalue weighted by atomic mass is 10.1. The zero-order chi connectivity index (χ0) is 9.90. The van der Waals surface area contributed by atoms with Crippen LogP contribution in [-0.2, 0) is 0 Å². The Hall–Kier alpha value is -0.290. The van der Waals surface area contributed by atoms with Crippen molar-refractivity contribution in [3.05, 3.63) is 0 Å². The molecule has 1 aliphatic carbocycles. The molecule has 1 fully saturated rings. The van der Waals surface area contributed by atoms with Crippen LogP contribution in [0.25, 0.3) is 0 Å². The van der Waals surface area contributed by atoms with Crippen LogP contribution < -0.4 is 11.3 Å². The van der Waals surface area contributed by atoms with Gasteiger partial charge in [0.15, 0.2) is 0 Å². The third kappa shape index (κ3) is 4.47. The molecule has 0 heterocycles. The van der Waals surface area contributed by atoms with Gasteiger partial charge in [0.1, 0.15) is 0 Å². The second-order valence-electron chi connectivity index (χ2n) is 3.62. The van der Waals surface area contributed by atoms with Gasteiger partial charge in [-0.1, -0.05) is 0 Å². The van der Waals surface area contributed by atoms with Crippen LogP contribution in [-0.4, -0.2) is 12.2 Å². The number of nitrogens with one attached hydrogen (secondary N) is 1. The predicted octanol–water partition coefficient (Wildman–Crippen LogP) is 1.96. The lowest BCUT2D eigenvalue weighted by Gasteiger charge is -2.14. The van der Waals surface area contributed by atoms with E-state index in [-0.39, 0.29) is 12.5 Å². The molecule has 13 heavy (non-hydrogen) atoms. The highest BCUT2D eigenvalue weighted by Gasteiger charge is 2.32. The zero-order valence-corrected chi connectivity index (χ0v) is 7.40. The summed E-state index contributed by atoms with van der Waals surface area (Å²) in [6, 6.07) is 0.0855. The Morgan fingerprint density at radius 3 is 2.38 bits per heavy atom. The fourth-order valence-corrected chi connectivity index (χ4v) is 1.48. The molecule has 0 aliphatic heterocycles. The highest BCUT2D eigenvalue weighted by molar-refractivity contribution is 4.84. The third-order valence-corrected chi connectivity index (χ3v) is 2.38. The summed E-state index contributed by atoms with van der Waals surface area (Å²) in [5.74, 6) is 5.74. The highest BCUT2D eigenvalue weighted by atomic mass is 19.4. The molecule has 78 valence electrons. The molecule has 0 aromatic heterocycles. The van der Waals surface area contributed by atoms with E-state index in [0.29, 0.717) is 12.3 Å². The number of hydrogen-bond donors (Lipinski definition) is 2. The second-order valence-corrected chi connectivity index (χ2v) is 3.62. The molecule has 5 heteroatoms. The van der Waals surface area contributed by atoms with E-state index in [1.165, 1.54) is 0 Å². The smallest absolute Gasteiger partial charge is 0.271 e. The van der Waals surface area contributed by atoms with Crippen molar-refractivity contribution in [1.82, 2.24) is 5.43 Å². The molecule has 3 N–H and O–H groups in total. The molecular weight excluding hydrogens is 181 g/mol. The Morgan fingerprint density at radius 2 is 2.00 bits per heavy atom. The maximum atomic E-state index is 11.8. The Morgan fingerprint density at radius 1 is 1.38 bits per heavy atom. The van der Waals surface area contributed by atoms with Crippen LogP contribution >= 0.6 is 0 Å². The van der Waals surface area contributed by atoms with E-state index in [1.54, 1.807) is 0 Å². The Labute approximate surface area is 75.6 Å². The van der Waals surface area contributed by atoms with Gasteiger partial charge in [-0.2, -0.15) is 13.2 Å². The standard InChI is InChI=1S/C8H15F3N2/c9-8(10,11)5-1-2-7(13-12)6-3-4-6/h6-7,13H,1-5,12H2. The summed E-state index contributed by atoms with van der Waals surface area (Å²) in [6.45, 7) is 0. The van der Waals surface area contributed by atoms with Gasteiger partial charge in [0.05, 0.1) is 0 Å². The number of halogens is 3. The molecule has 0 amide bonds. The second kappa shape index (κ2) is 4.28. The van der Waals surface area contributed by atoms with E-state index in [0.717, 1.165) is 12.8 Å². The quantitative estimate of drug-likeness (QED) is 0.521. The first-order valence-electron chi connectivity index (χ1n) is 4.56. The fourth-order valence-electron chi connectivity index (χ4n) is 1.48. The minimum absolute atomic E-state index is 0.0855. The number of rotatable bonds is 5. The first-order chi connectivity index (χ1) is 6.03. The number of nitrogens with two attached hydrogens (primary N) is 1. The van der Waals surface area contributed by atoms with Crippen molar-refractivity contribution < 1.29 is 13.2 Å². The summed E-state index contributed by atoms with van der Waals surface area (Å²) in [5, 5.41) is 0. The average Bonchev–Trinajstić information content (AvgIpc) is 2.78. The van der Waals surface area contributed by atoms with E-state index in [9.17, 15) is 13.2 Å². The molecule has 0 aromatic rings. The largest absolute Gasteiger partial charge is 0.389 e. The van der Waals surface area contributed by atoms with Gasteiger partial charge < -0.3 is 0 Å². The molecule has 1 saturated carbocycles. The first kappa shape index (κ1) is 10.8. The fraction of sp³-hybridized carbons (Fsp3) is 1.00. The van der Waals surface area contributed by atoms with Crippen LogP contribution in [0.2, 0.25) is 0 Å². The molecule has 0 bridgehead atoms. The van der Waals surface area contributed by atoms with Crippen LogP contribution in [0, 0.1) is 5.92 Å². The van der Waals surface area contributed by atoms with E-state index in [4.69, 9.17) is 5.84 Å². The van der Waals surface area contributed by atoms with E-state index in [1.807, 2.05) is 0 Å². The molecule has 1 aliphatic rings. The Balaban J connectivity index is 2.09. The predicted molar refractivity (Wildman–Crippen MR) is 43.7 cm³/mol. The molecular formula is C8H15F3N2. The topological polar surface area (TPSA) is 38.0 Å². The van der Waals surface area contributed by atoms with Crippen LogP contribution in [0.3, 0.4) is 0 Å². The first-order valence-corrected chi connectivity index (χ1v) is 4.56. The van der Waals surface area contributed by atoms with Gasteiger partial charge in [0.2, 0.25) is 0 Å². The van der Waals surface area contributed by atoms with Crippen molar-refractivity contribution in [3.8, 4) is 0 Å². The zero-order valence-electron chi connectivity index (χ0n) is 7.40. The molecule has 1 unspecified atom stereocenters. The Bertz CT molecular complexity index is 154. The molecule has 0 spiro atoms. The monoisotopic (exact) mass is 196 g/mol. The summed E-state index contributed by atoms with van der Waals surface area (Å²) in [4.78, 5) is 0. The van der Waals surface area contributed by atoms with Gasteiger partial charge in [-0.25, -0.2) is 0 Å². The van der Waals surface area contributed by atoms with Crippen LogP contribution in [0.1, 0.15) is 32.1 Å². The van der Waals surface area contributed by atoms with Gasteiger partial charge in [-0.15, -0.1) is 0 Å². The van der Waals surface area contributed by atoms with Crippen LogP contribution in [0.5, 0.6) is 0 Å². The summed E-state index contributed by atoms with van der Waals surface area (Å²) < 4.78 is 35.3. The van der Waals surface area contributed by atoms with Crippen LogP contribution in [0.4, 0.5) is 13.2 Å². The van der Waals surface area contributed by atoms with Gasteiger partial charge in [0.25, 0.3) is 0 Å². The summed E-state index contributed by atoms with van der Waals surface area (Å²) in [7, 11) is 0.